The SMILES string of the molecule is CCOC1CN(c2cc(C(=O)O)c(CC)[nH]2)CCC1NC(=O)c1nc(Cl)c(CC)[nH]1. The number of nitrogens with one attached hydrogen (secondary N) is 3. The zero-order chi connectivity index (χ0) is 21.8. The van der Waals surface area contributed by atoms with Crippen LogP contribution in [0.3, 0.4) is 0 Å². The lowest BCUT2D eigenvalue weighted by molar-refractivity contribution is 0.0270. The lowest BCUT2D eigenvalue weighted by atomic mass is 10.0. The van der Waals surface area contributed by atoms with Gasteiger partial charge >= 0.3 is 5.97 Å². The van der Waals surface area contributed by atoms with E-state index in [1.165, 1.54) is 0 Å². The van der Waals surface area contributed by atoms with Gasteiger partial charge in [-0.15, -0.1) is 0 Å². The molecule has 2 aromatic heterocycles. The number of rotatable bonds is 8. The fraction of sp³-hybridized carbons (Fsp3) is 0.550. The number of carbonyl (C=O) groups is 2. The summed E-state index contributed by atoms with van der Waals surface area (Å²) in [6.07, 6.45) is 1.67. The molecule has 0 radical (unpaired) electrons. The highest BCUT2D eigenvalue weighted by molar-refractivity contribution is 6.30. The fourth-order valence-electron chi connectivity index (χ4n) is 3.77. The molecule has 0 aromatic carbocycles. The summed E-state index contributed by atoms with van der Waals surface area (Å²) >= 11 is 6.05. The second-order valence-electron chi connectivity index (χ2n) is 7.22. The molecule has 3 rings (SSSR count). The van der Waals surface area contributed by atoms with E-state index >= 15 is 0 Å². The average molecular weight is 438 g/mol. The van der Waals surface area contributed by atoms with Crippen LogP contribution in [0.1, 0.15) is 59.6 Å². The van der Waals surface area contributed by atoms with Crippen LogP contribution in [0.15, 0.2) is 6.07 Å². The third-order valence-electron chi connectivity index (χ3n) is 5.36. The third kappa shape index (κ3) is 4.62. The van der Waals surface area contributed by atoms with Gasteiger partial charge in [0, 0.05) is 25.4 Å². The molecule has 164 valence electrons. The summed E-state index contributed by atoms with van der Waals surface area (Å²) in [5, 5.41) is 12.7. The van der Waals surface area contributed by atoms with Crippen molar-refractivity contribution in [2.45, 2.75) is 52.2 Å². The van der Waals surface area contributed by atoms with Gasteiger partial charge < -0.3 is 30.0 Å². The van der Waals surface area contributed by atoms with E-state index in [0.717, 1.165) is 11.5 Å². The summed E-state index contributed by atoms with van der Waals surface area (Å²) in [5.74, 6) is -0.316. The van der Waals surface area contributed by atoms with Gasteiger partial charge in [-0.1, -0.05) is 25.4 Å². The summed E-state index contributed by atoms with van der Waals surface area (Å²) in [4.78, 5) is 36.5. The van der Waals surface area contributed by atoms with Crippen LogP contribution in [0.5, 0.6) is 0 Å². The highest BCUT2D eigenvalue weighted by Gasteiger charge is 2.33. The van der Waals surface area contributed by atoms with Gasteiger partial charge in [0.1, 0.15) is 5.82 Å². The van der Waals surface area contributed by atoms with Crippen molar-refractivity contribution in [3.63, 3.8) is 0 Å². The topological polar surface area (TPSA) is 123 Å². The standard InChI is InChI=1S/C20H28ClN5O4/c1-4-12-11(20(28)29)9-16(22-12)26-8-7-14(15(10-26)30-6-3)24-19(27)18-23-13(5-2)17(21)25-18/h9,14-15,22H,4-8,10H2,1-3H3,(H,23,25)(H,24,27)(H,28,29). The Balaban J connectivity index is 1.72. The van der Waals surface area contributed by atoms with Crippen LogP contribution in [-0.4, -0.2) is 63.8 Å². The molecule has 1 saturated heterocycles. The van der Waals surface area contributed by atoms with Crippen LogP contribution in [0, 0.1) is 0 Å². The molecule has 30 heavy (non-hydrogen) atoms. The Morgan fingerprint density at radius 1 is 1.30 bits per heavy atom. The van der Waals surface area contributed by atoms with E-state index in [9.17, 15) is 14.7 Å². The number of carbonyl (C=O) groups excluding carboxylic acids is 1. The number of halogens is 1. The monoisotopic (exact) mass is 437 g/mol. The zero-order valence-electron chi connectivity index (χ0n) is 17.4. The number of aromatic amines is 2. The van der Waals surface area contributed by atoms with E-state index in [1.54, 1.807) is 6.07 Å². The first kappa shape index (κ1) is 22.2. The van der Waals surface area contributed by atoms with Crippen molar-refractivity contribution >= 4 is 29.3 Å². The Kier molecular flexibility index (Phi) is 7.04. The third-order valence-corrected chi connectivity index (χ3v) is 5.68. The minimum absolute atomic E-state index is 0.192. The van der Waals surface area contributed by atoms with Crippen LogP contribution < -0.4 is 10.2 Å². The van der Waals surface area contributed by atoms with Crippen LogP contribution in [0.2, 0.25) is 5.15 Å². The van der Waals surface area contributed by atoms with Gasteiger partial charge in [-0.25, -0.2) is 9.78 Å². The Morgan fingerprint density at radius 3 is 2.60 bits per heavy atom. The maximum absolute atomic E-state index is 12.7. The Hall–Kier alpha value is -2.52. The Morgan fingerprint density at radius 2 is 2.03 bits per heavy atom. The first-order chi connectivity index (χ1) is 14.4. The predicted octanol–water partition coefficient (Wildman–Crippen LogP) is 2.63. The van der Waals surface area contributed by atoms with Crippen LogP contribution >= 0.6 is 11.6 Å². The molecule has 4 N–H and O–H groups in total. The first-order valence-corrected chi connectivity index (χ1v) is 10.6. The lowest BCUT2D eigenvalue weighted by Gasteiger charge is -2.39. The summed E-state index contributed by atoms with van der Waals surface area (Å²) in [7, 11) is 0. The maximum Gasteiger partial charge on any atom is 0.337 e. The number of anilines is 1. The summed E-state index contributed by atoms with van der Waals surface area (Å²) < 4.78 is 5.90. The summed E-state index contributed by atoms with van der Waals surface area (Å²) in [6.45, 7) is 7.43. The van der Waals surface area contributed by atoms with Crippen molar-refractivity contribution in [1.82, 2.24) is 20.3 Å². The highest BCUT2D eigenvalue weighted by Crippen LogP contribution is 2.25. The van der Waals surface area contributed by atoms with E-state index in [1.807, 2.05) is 20.8 Å². The molecule has 3 heterocycles. The van der Waals surface area contributed by atoms with Gasteiger partial charge in [0.15, 0.2) is 11.0 Å². The number of amides is 1. The van der Waals surface area contributed by atoms with Crippen molar-refractivity contribution in [3.05, 3.63) is 34.0 Å². The maximum atomic E-state index is 12.7. The molecule has 1 aliphatic rings. The number of H-pyrrole nitrogens is 2. The van der Waals surface area contributed by atoms with Gasteiger partial charge in [-0.05, 0) is 32.3 Å². The molecule has 2 atom stereocenters. The predicted molar refractivity (Wildman–Crippen MR) is 114 cm³/mol. The van der Waals surface area contributed by atoms with E-state index in [2.05, 4.69) is 25.2 Å². The molecule has 10 heteroatoms. The second-order valence-corrected chi connectivity index (χ2v) is 7.58. The van der Waals surface area contributed by atoms with Crippen molar-refractivity contribution < 1.29 is 19.4 Å². The largest absolute Gasteiger partial charge is 0.478 e. The number of aromatic carboxylic acids is 1. The van der Waals surface area contributed by atoms with E-state index in [0.29, 0.717) is 49.8 Å². The number of imidazole rings is 1. The van der Waals surface area contributed by atoms with Gasteiger partial charge in [0.05, 0.1) is 23.4 Å². The highest BCUT2D eigenvalue weighted by atomic mass is 35.5. The number of ether oxygens (including phenoxy) is 1. The smallest absolute Gasteiger partial charge is 0.337 e. The molecule has 2 unspecified atom stereocenters. The second kappa shape index (κ2) is 9.53. The number of aromatic nitrogens is 3. The molecule has 1 aliphatic heterocycles. The number of aryl methyl sites for hydroxylation is 2. The molecule has 0 spiro atoms. The van der Waals surface area contributed by atoms with Crippen LogP contribution in [-0.2, 0) is 17.6 Å². The molecule has 0 saturated carbocycles. The van der Waals surface area contributed by atoms with Gasteiger partial charge in [0.2, 0.25) is 0 Å². The number of hydrogen-bond donors (Lipinski definition) is 4. The van der Waals surface area contributed by atoms with Crippen LogP contribution in [0.4, 0.5) is 5.82 Å². The molecule has 0 bridgehead atoms. The number of piperidine rings is 1. The molecular formula is C20H28ClN5O4. The van der Waals surface area contributed by atoms with Gasteiger partial charge in [0.25, 0.3) is 5.91 Å². The molecule has 1 fully saturated rings. The minimum Gasteiger partial charge on any atom is -0.478 e. The lowest BCUT2D eigenvalue weighted by Crippen LogP contribution is -2.55. The number of hydrogen-bond acceptors (Lipinski definition) is 5. The number of nitrogens with zero attached hydrogens (tertiary/aromatic N) is 2. The first-order valence-electron chi connectivity index (χ1n) is 10.2. The van der Waals surface area contributed by atoms with Crippen molar-refractivity contribution in [2.75, 3.05) is 24.6 Å². The van der Waals surface area contributed by atoms with E-state index in [-0.39, 0.29) is 29.4 Å². The van der Waals surface area contributed by atoms with Crippen molar-refractivity contribution in [1.29, 1.82) is 0 Å². The average Bonchev–Trinajstić information content (AvgIpc) is 3.33. The van der Waals surface area contributed by atoms with Gasteiger partial charge in [-0.3, -0.25) is 4.79 Å². The van der Waals surface area contributed by atoms with E-state index in [4.69, 9.17) is 16.3 Å². The van der Waals surface area contributed by atoms with Gasteiger partial charge in [-0.2, -0.15) is 0 Å². The molecule has 2 aromatic rings. The molecular weight excluding hydrogens is 410 g/mol. The van der Waals surface area contributed by atoms with Crippen LogP contribution in [0.25, 0.3) is 0 Å². The van der Waals surface area contributed by atoms with E-state index < -0.39 is 5.97 Å². The Bertz CT molecular complexity index is 909. The zero-order valence-corrected chi connectivity index (χ0v) is 18.2. The van der Waals surface area contributed by atoms with Crippen molar-refractivity contribution in [2.24, 2.45) is 0 Å². The normalized spacial score (nSPS) is 19.1. The quantitative estimate of drug-likeness (QED) is 0.503. The van der Waals surface area contributed by atoms with Crippen molar-refractivity contribution in [3.8, 4) is 0 Å². The molecule has 9 nitrogen and oxygen atoms in total. The summed E-state index contributed by atoms with van der Waals surface area (Å²) in [5.41, 5.74) is 1.71. The molecule has 0 aliphatic carbocycles. The minimum atomic E-state index is -0.943. The number of carboxylic acids is 1. The Labute approximate surface area is 180 Å². The molecule has 1 amide bonds. The fourth-order valence-corrected chi connectivity index (χ4v) is 4.04. The number of carboxylic acid groups (broad SMARTS) is 1. The summed E-state index contributed by atoms with van der Waals surface area (Å²) in [6, 6.07) is 1.47.